The van der Waals surface area contributed by atoms with Gasteiger partial charge < -0.3 is 24.1 Å². The fraction of sp³-hybridized carbons (Fsp3) is 0.421. The van der Waals surface area contributed by atoms with Crippen LogP contribution in [0.5, 0.6) is 11.5 Å². The van der Waals surface area contributed by atoms with Crippen molar-refractivity contribution in [1.82, 2.24) is 10.2 Å². The van der Waals surface area contributed by atoms with Crippen LogP contribution in [0.4, 0.5) is 4.79 Å². The van der Waals surface area contributed by atoms with Gasteiger partial charge in [-0.05, 0) is 50.6 Å². The highest BCUT2D eigenvalue weighted by atomic mass is 16.5. The van der Waals surface area contributed by atoms with Crippen LogP contribution >= 0.6 is 0 Å². The zero-order valence-electron chi connectivity index (χ0n) is 15.5. The molecule has 0 spiro atoms. The number of rotatable bonds is 7. The van der Waals surface area contributed by atoms with Gasteiger partial charge in [-0.25, -0.2) is 4.79 Å². The second kappa shape index (κ2) is 8.46. The Morgan fingerprint density at radius 2 is 1.88 bits per heavy atom. The van der Waals surface area contributed by atoms with E-state index in [2.05, 4.69) is 5.32 Å². The molecule has 0 saturated heterocycles. The first kappa shape index (κ1) is 18.7. The summed E-state index contributed by atoms with van der Waals surface area (Å²) in [5.41, 5.74) is 0.934. The quantitative estimate of drug-likeness (QED) is 0.830. The molecule has 136 valence electrons. The molecule has 2 aromatic rings. The van der Waals surface area contributed by atoms with Crippen LogP contribution in [0.1, 0.15) is 30.9 Å². The van der Waals surface area contributed by atoms with Crippen LogP contribution in [0.2, 0.25) is 0 Å². The molecule has 0 aliphatic carbocycles. The van der Waals surface area contributed by atoms with Crippen molar-refractivity contribution in [1.29, 1.82) is 0 Å². The molecule has 2 amide bonds. The third-order valence-electron chi connectivity index (χ3n) is 3.90. The fourth-order valence-corrected chi connectivity index (χ4v) is 2.50. The van der Waals surface area contributed by atoms with Crippen LogP contribution in [-0.4, -0.2) is 31.2 Å². The molecule has 0 atom stereocenters. The average molecular weight is 346 g/mol. The summed E-state index contributed by atoms with van der Waals surface area (Å²) in [5.74, 6) is 2.91. The first-order valence-corrected chi connectivity index (χ1v) is 8.25. The Balaban J connectivity index is 2.01. The van der Waals surface area contributed by atoms with Gasteiger partial charge in [0.1, 0.15) is 11.5 Å². The molecule has 0 aliphatic heterocycles. The molecular weight excluding hydrogens is 320 g/mol. The Hall–Kier alpha value is -2.63. The predicted octanol–water partition coefficient (Wildman–Crippen LogP) is 3.73. The third kappa shape index (κ3) is 4.92. The molecule has 2 rings (SSSR count). The van der Waals surface area contributed by atoms with Gasteiger partial charge in [-0.2, -0.15) is 0 Å². The summed E-state index contributed by atoms with van der Waals surface area (Å²) >= 11 is 0. The Kier molecular flexibility index (Phi) is 6.33. The standard InChI is InChI=1S/C19H26N2O4/c1-13(2)21(12-16-8-6-14(3)25-16)19(22)20-11-15-7-9-17(23-4)18(10-15)24-5/h6-10,13H,11-12H2,1-5H3,(H,20,22). The molecule has 0 bridgehead atoms. The Bertz CT molecular complexity index is 709. The molecule has 1 aromatic carbocycles. The zero-order chi connectivity index (χ0) is 18.4. The monoisotopic (exact) mass is 346 g/mol. The number of urea groups is 1. The summed E-state index contributed by atoms with van der Waals surface area (Å²) in [5, 5.41) is 2.95. The maximum Gasteiger partial charge on any atom is 0.318 e. The second-order valence-corrected chi connectivity index (χ2v) is 6.08. The van der Waals surface area contributed by atoms with Crippen LogP contribution in [0, 0.1) is 6.92 Å². The molecule has 1 N–H and O–H groups in total. The number of nitrogens with zero attached hydrogens (tertiary/aromatic N) is 1. The van der Waals surface area contributed by atoms with E-state index in [0.29, 0.717) is 24.6 Å². The highest BCUT2D eigenvalue weighted by Gasteiger charge is 2.18. The summed E-state index contributed by atoms with van der Waals surface area (Å²) in [6.07, 6.45) is 0. The fourth-order valence-electron chi connectivity index (χ4n) is 2.50. The van der Waals surface area contributed by atoms with E-state index in [1.54, 1.807) is 19.1 Å². The molecule has 0 unspecified atom stereocenters. The lowest BCUT2D eigenvalue weighted by Crippen LogP contribution is -2.43. The first-order valence-electron chi connectivity index (χ1n) is 8.25. The highest BCUT2D eigenvalue weighted by molar-refractivity contribution is 5.74. The number of benzene rings is 1. The number of ether oxygens (including phenoxy) is 2. The highest BCUT2D eigenvalue weighted by Crippen LogP contribution is 2.27. The number of aryl methyl sites for hydroxylation is 1. The summed E-state index contributed by atoms with van der Waals surface area (Å²) in [6, 6.07) is 9.29. The van der Waals surface area contributed by atoms with E-state index in [-0.39, 0.29) is 12.1 Å². The summed E-state index contributed by atoms with van der Waals surface area (Å²) in [4.78, 5) is 14.3. The summed E-state index contributed by atoms with van der Waals surface area (Å²) in [6.45, 7) is 6.68. The van der Waals surface area contributed by atoms with Crippen molar-refractivity contribution in [3.8, 4) is 11.5 Å². The number of hydrogen-bond acceptors (Lipinski definition) is 4. The van der Waals surface area contributed by atoms with Gasteiger partial charge in [-0.3, -0.25) is 0 Å². The summed E-state index contributed by atoms with van der Waals surface area (Å²) in [7, 11) is 3.18. The Morgan fingerprint density at radius 1 is 1.16 bits per heavy atom. The summed E-state index contributed by atoms with van der Waals surface area (Å²) < 4.78 is 16.1. The van der Waals surface area contributed by atoms with Crippen LogP contribution in [0.15, 0.2) is 34.7 Å². The van der Waals surface area contributed by atoms with Crippen molar-refractivity contribution in [3.05, 3.63) is 47.4 Å². The van der Waals surface area contributed by atoms with Gasteiger partial charge in [0.25, 0.3) is 0 Å². The van der Waals surface area contributed by atoms with Gasteiger partial charge in [-0.15, -0.1) is 0 Å². The van der Waals surface area contributed by atoms with E-state index in [4.69, 9.17) is 13.9 Å². The van der Waals surface area contributed by atoms with Crippen LogP contribution < -0.4 is 14.8 Å². The maximum absolute atomic E-state index is 12.6. The van der Waals surface area contributed by atoms with Crippen molar-refractivity contribution in [2.45, 2.75) is 39.9 Å². The van der Waals surface area contributed by atoms with Gasteiger partial charge in [0.15, 0.2) is 11.5 Å². The molecule has 6 heteroatoms. The number of carbonyl (C=O) groups excluding carboxylic acids is 1. The average Bonchev–Trinajstić information content (AvgIpc) is 3.02. The van der Waals surface area contributed by atoms with E-state index in [0.717, 1.165) is 17.1 Å². The lowest BCUT2D eigenvalue weighted by molar-refractivity contribution is 0.173. The van der Waals surface area contributed by atoms with Crippen molar-refractivity contribution in [3.63, 3.8) is 0 Å². The third-order valence-corrected chi connectivity index (χ3v) is 3.90. The molecule has 0 aliphatic rings. The van der Waals surface area contributed by atoms with Crippen molar-refractivity contribution in [2.75, 3.05) is 14.2 Å². The molecule has 1 aromatic heterocycles. The van der Waals surface area contributed by atoms with E-state index >= 15 is 0 Å². The van der Waals surface area contributed by atoms with Crippen molar-refractivity contribution >= 4 is 6.03 Å². The number of amides is 2. The number of hydrogen-bond donors (Lipinski definition) is 1. The van der Waals surface area contributed by atoms with Crippen LogP contribution in [0.25, 0.3) is 0 Å². The Morgan fingerprint density at radius 3 is 2.44 bits per heavy atom. The van der Waals surface area contributed by atoms with Crippen molar-refractivity contribution < 1.29 is 18.7 Å². The number of nitrogens with one attached hydrogen (secondary N) is 1. The SMILES string of the molecule is COc1ccc(CNC(=O)N(Cc2ccc(C)o2)C(C)C)cc1OC. The largest absolute Gasteiger partial charge is 0.493 e. The molecule has 0 radical (unpaired) electrons. The van der Waals surface area contributed by atoms with Crippen molar-refractivity contribution in [2.24, 2.45) is 0 Å². The minimum Gasteiger partial charge on any atom is -0.493 e. The maximum atomic E-state index is 12.6. The van der Waals surface area contributed by atoms with E-state index in [1.807, 2.05) is 51.1 Å². The van der Waals surface area contributed by atoms with Crippen LogP contribution in [-0.2, 0) is 13.1 Å². The van der Waals surface area contributed by atoms with E-state index < -0.39 is 0 Å². The normalized spacial score (nSPS) is 10.6. The number of carbonyl (C=O) groups is 1. The molecule has 1 heterocycles. The molecule has 0 saturated carbocycles. The predicted molar refractivity (Wildman–Crippen MR) is 95.9 cm³/mol. The minimum absolute atomic E-state index is 0.0517. The second-order valence-electron chi connectivity index (χ2n) is 6.08. The van der Waals surface area contributed by atoms with Gasteiger partial charge in [0, 0.05) is 12.6 Å². The molecular formula is C19H26N2O4. The van der Waals surface area contributed by atoms with Gasteiger partial charge in [0.05, 0.1) is 20.8 Å². The lowest BCUT2D eigenvalue weighted by Gasteiger charge is -2.26. The first-order chi connectivity index (χ1) is 11.9. The van der Waals surface area contributed by atoms with Crippen LogP contribution in [0.3, 0.4) is 0 Å². The molecule has 0 fully saturated rings. The molecule has 25 heavy (non-hydrogen) atoms. The smallest absolute Gasteiger partial charge is 0.318 e. The van der Waals surface area contributed by atoms with Gasteiger partial charge >= 0.3 is 6.03 Å². The van der Waals surface area contributed by atoms with Gasteiger partial charge in [-0.1, -0.05) is 6.07 Å². The van der Waals surface area contributed by atoms with E-state index in [9.17, 15) is 4.79 Å². The lowest BCUT2D eigenvalue weighted by atomic mass is 10.2. The topological polar surface area (TPSA) is 63.9 Å². The van der Waals surface area contributed by atoms with E-state index in [1.165, 1.54) is 0 Å². The number of furan rings is 1. The number of methoxy groups -OCH3 is 2. The molecule has 6 nitrogen and oxygen atoms in total. The minimum atomic E-state index is -0.140. The zero-order valence-corrected chi connectivity index (χ0v) is 15.5. The van der Waals surface area contributed by atoms with Gasteiger partial charge in [0.2, 0.25) is 0 Å². The Labute approximate surface area is 148 Å².